The van der Waals surface area contributed by atoms with Gasteiger partial charge in [0.1, 0.15) is 11.5 Å². The van der Waals surface area contributed by atoms with Crippen molar-refractivity contribution in [2.24, 2.45) is 0 Å². The Bertz CT molecular complexity index is 571. The Balaban J connectivity index is 1.95. The topological polar surface area (TPSA) is 41.5 Å². The van der Waals surface area contributed by atoms with Crippen molar-refractivity contribution in [1.82, 2.24) is 0 Å². The Labute approximate surface area is 115 Å². The minimum absolute atomic E-state index is 0.143. The molecule has 2 aromatic carbocycles. The van der Waals surface area contributed by atoms with Crippen molar-refractivity contribution in [3.8, 4) is 11.5 Å². The van der Waals surface area contributed by atoms with Crippen molar-refractivity contribution in [1.29, 1.82) is 0 Å². The average molecular weight is 279 g/mol. The molecule has 0 atom stereocenters. The summed E-state index contributed by atoms with van der Waals surface area (Å²) in [4.78, 5) is 0. The highest BCUT2D eigenvalue weighted by Crippen LogP contribution is 2.21. The van der Waals surface area contributed by atoms with Crippen molar-refractivity contribution in [3.05, 3.63) is 53.6 Å². The Hall–Kier alpha value is -2.30. The third-order valence-corrected chi connectivity index (χ3v) is 2.84. The van der Waals surface area contributed by atoms with E-state index < -0.39 is 6.61 Å². The van der Waals surface area contributed by atoms with Crippen molar-refractivity contribution in [2.75, 3.05) is 5.32 Å². The van der Waals surface area contributed by atoms with Crippen LogP contribution in [0.4, 0.5) is 14.5 Å². The molecule has 0 aliphatic rings. The second kappa shape index (κ2) is 6.23. The summed E-state index contributed by atoms with van der Waals surface area (Å²) in [6, 6.07) is 11.7. The van der Waals surface area contributed by atoms with E-state index in [0.29, 0.717) is 6.54 Å². The summed E-state index contributed by atoms with van der Waals surface area (Å²) in [5.74, 6) is 0.397. The summed E-state index contributed by atoms with van der Waals surface area (Å²) >= 11 is 0. The van der Waals surface area contributed by atoms with E-state index in [2.05, 4.69) is 10.1 Å². The number of alkyl halides is 2. The van der Waals surface area contributed by atoms with Crippen LogP contribution in [-0.2, 0) is 6.54 Å². The van der Waals surface area contributed by atoms with Gasteiger partial charge in [-0.1, -0.05) is 12.1 Å². The molecule has 0 bridgehead atoms. The van der Waals surface area contributed by atoms with Crippen molar-refractivity contribution >= 4 is 5.69 Å². The maximum absolute atomic E-state index is 12.0. The first-order valence-electron chi connectivity index (χ1n) is 6.12. The Morgan fingerprint density at radius 1 is 1.15 bits per heavy atom. The summed E-state index contributed by atoms with van der Waals surface area (Å²) < 4.78 is 28.3. The third kappa shape index (κ3) is 3.85. The van der Waals surface area contributed by atoms with Gasteiger partial charge < -0.3 is 15.2 Å². The number of ether oxygens (including phenoxy) is 1. The van der Waals surface area contributed by atoms with E-state index in [9.17, 15) is 13.9 Å². The van der Waals surface area contributed by atoms with Gasteiger partial charge in [-0.3, -0.25) is 0 Å². The van der Waals surface area contributed by atoms with Crippen LogP contribution in [0, 0.1) is 6.92 Å². The lowest BCUT2D eigenvalue weighted by Gasteiger charge is -2.09. The number of anilines is 1. The molecule has 0 saturated carbocycles. The summed E-state index contributed by atoms with van der Waals surface area (Å²) in [6.45, 7) is -0.435. The molecule has 3 nitrogen and oxygen atoms in total. The van der Waals surface area contributed by atoms with E-state index in [1.165, 1.54) is 12.1 Å². The lowest BCUT2D eigenvalue weighted by molar-refractivity contribution is -0.0498. The lowest BCUT2D eigenvalue weighted by atomic mass is 10.2. The van der Waals surface area contributed by atoms with Crippen LogP contribution >= 0.6 is 0 Å². The maximum atomic E-state index is 12.0. The Morgan fingerprint density at radius 2 is 1.85 bits per heavy atom. The molecular formula is C15H15F2NO2. The first-order valence-corrected chi connectivity index (χ1v) is 6.12. The van der Waals surface area contributed by atoms with Crippen molar-refractivity contribution < 1.29 is 18.6 Å². The van der Waals surface area contributed by atoms with Crippen LogP contribution in [0.1, 0.15) is 11.1 Å². The average Bonchev–Trinajstić information content (AvgIpc) is 2.41. The van der Waals surface area contributed by atoms with Crippen LogP contribution in [0.2, 0.25) is 0 Å². The largest absolute Gasteiger partial charge is 0.508 e. The summed E-state index contributed by atoms with van der Waals surface area (Å²) in [6.07, 6.45) is 0. The number of benzene rings is 2. The van der Waals surface area contributed by atoms with Crippen molar-refractivity contribution in [3.63, 3.8) is 0 Å². The molecule has 0 saturated heterocycles. The number of rotatable bonds is 5. The second-order valence-corrected chi connectivity index (χ2v) is 4.38. The van der Waals surface area contributed by atoms with Gasteiger partial charge >= 0.3 is 6.61 Å². The second-order valence-electron chi connectivity index (χ2n) is 4.38. The molecule has 0 heterocycles. The molecule has 2 aromatic rings. The molecule has 0 spiro atoms. The van der Waals surface area contributed by atoms with E-state index in [-0.39, 0.29) is 11.5 Å². The van der Waals surface area contributed by atoms with Crippen LogP contribution in [0.25, 0.3) is 0 Å². The summed E-state index contributed by atoms with van der Waals surface area (Å²) in [5, 5.41) is 12.6. The van der Waals surface area contributed by atoms with Crippen LogP contribution in [-0.4, -0.2) is 11.7 Å². The quantitative estimate of drug-likeness (QED) is 0.815. The fourth-order valence-electron chi connectivity index (χ4n) is 1.76. The number of aromatic hydroxyl groups is 1. The molecule has 0 aromatic heterocycles. The third-order valence-electron chi connectivity index (χ3n) is 2.84. The van der Waals surface area contributed by atoms with Gasteiger partial charge in [0.05, 0.1) is 0 Å². The van der Waals surface area contributed by atoms with E-state index >= 15 is 0 Å². The zero-order valence-corrected chi connectivity index (χ0v) is 10.9. The van der Waals surface area contributed by atoms with E-state index in [4.69, 9.17) is 0 Å². The van der Waals surface area contributed by atoms with Gasteiger partial charge in [0, 0.05) is 12.2 Å². The fraction of sp³-hybridized carbons (Fsp3) is 0.200. The smallest absolute Gasteiger partial charge is 0.387 e. The van der Waals surface area contributed by atoms with Gasteiger partial charge in [-0.05, 0) is 48.4 Å². The number of phenols is 1. The molecule has 0 unspecified atom stereocenters. The van der Waals surface area contributed by atoms with Crippen LogP contribution in [0.3, 0.4) is 0 Å². The predicted octanol–water partition coefficient (Wildman–Crippen LogP) is 3.91. The fourth-order valence-corrected chi connectivity index (χ4v) is 1.76. The molecule has 0 aliphatic carbocycles. The normalized spacial score (nSPS) is 10.6. The van der Waals surface area contributed by atoms with E-state index in [1.807, 2.05) is 13.0 Å². The highest BCUT2D eigenvalue weighted by atomic mass is 19.3. The van der Waals surface area contributed by atoms with Gasteiger partial charge in [0.25, 0.3) is 0 Å². The highest BCUT2D eigenvalue weighted by molar-refractivity contribution is 5.50. The molecule has 0 fully saturated rings. The van der Waals surface area contributed by atoms with Crippen LogP contribution < -0.4 is 10.1 Å². The molecule has 0 amide bonds. The first kappa shape index (κ1) is 14.1. The summed E-state index contributed by atoms with van der Waals surface area (Å²) in [7, 11) is 0. The monoisotopic (exact) mass is 279 g/mol. The van der Waals surface area contributed by atoms with Gasteiger partial charge in [0.15, 0.2) is 0 Å². The number of hydrogen-bond acceptors (Lipinski definition) is 3. The lowest BCUT2D eigenvalue weighted by Crippen LogP contribution is -2.03. The van der Waals surface area contributed by atoms with Crippen LogP contribution in [0.5, 0.6) is 11.5 Å². The van der Waals surface area contributed by atoms with Gasteiger partial charge in [-0.15, -0.1) is 0 Å². The molecule has 20 heavy (non-hydrogen) atoms. The maximum Gasteiger partial charge on any atom is 0.387 e. The minimum Gasteiger partial charge on any atom is -0.508 e. The summed E-state index contributed by atoms with van der Waals surface area (Å²) in [5.41, 5.74) is 2.61. The predicted molar refractivity (Wildman–Crippen MR) is 73.2 cm³/mol. The van der Waals surface area contributed by atoms with Crippen LogP contribution in [0.15, 0.2) is 42.5 Å². The number of nitrogens with one attached hydrogen (secondary N) is 1. The molecule has 2 N–H and O–H groups in total. The molecule has 106 valence electrons. The zero-order chi connectivity index (χ0) is 14.5. The molecular weight excluding hydrogens is 264 g/mol. The van der Waals surface area contributed by atoms with Gasteiger partial charge in [0.2, 0.25) is 0 Å². The number of aryl methyl sites for hydroxylation is 1. The minimum atomic E-state index is -2.81. The molecule has 5 heteroatoms. The van der Waals surface area contributed by atoms with E-state index in [1.54, 1.807) is 24.3 Å². The van der Waals surface area contributed by atoms with Gasteiger partial charge in [-0.25, -0.2) is 0 Å². The van der Waals surface area contributed by atoms with E-state index in [0.717, 1.165) is 16.8 Å². The zero-order valence-electron chi connectivity index (χ0n) is 10.9. The number of halogens is 2. The Kier molecular flexibility index (Phi) is 4.40. The highest BCUT2D eigenvalue weighted by Gasteiger charge is 2.04. The van der Waals surface area contributed by atoms with Crippen molar-refractivity contribution in [2.45, 2.75) is 20.1 Å². The molecule has 2 rings (SSSR count). The Morgan fingerprint density at radius 3 is 2.45 bits per heavy atom. The molecule has 0 radical (unpaired) electrons. The number of phenolic OH excluding ortho intramolecular Hbond substituents is 1. The SMILES string of the molecule is Cc1cc(NCc2ccc(OC(F)F)cc2)ccc1O. The standard InChI is InChI=1S/C15H15F2NO2/c1-10-8-12(4-7-14(10)19)18-9-11-2-5-13(6-3-11)20-15(16)17/h2-8,15,18-19H,9H2,1H3. The first-order chi connectivity index (χ1) is 9.54. The number of hydrogen-bond donors (Lipinski definition) is 2. The molecule has 0 aliphatic heterocycles. The van der Waals surface area contributed by atoms with Gasteiger partial charge in [-0.2, -0.15) is 8.78 Å².